The van der Waals surface area contributed by atoms with Crippen LogP contribution in [0.4, 0.5) is 10.1 Å². The highest BCUT2D eigenvalue weighted by Gasteiger charge is 2.09. The molecule has 0 bridgehead atoms. The highest BCUT2D eigenvalue weighted by Crippen LogP contribution is 2.16. The molecule has 0 aliphatic heterocycles. The molecule has 1 aromatic carbocycles. The van der Waals surface area contributed by atoms with Gasteiger partial charge in [0.1, 0.15) is 5.82 Å². The summed E-state index contributed by atoms with van der Waals surface area (Å²) in [6.45, 7) is 1.96. The van der Waals surface area contributed by atoms with E-state index < -0.39 is 11.7 Å². The van der Waals surface area contributed by atoms with Crippen molar-refractivity contribution in [3.05, 3.63) is 70.0 Å². The largest absolute Gasteiger partial charge is 0.358 e. The van der Waals surface area contributed by atoms with E-state index in [0.717, 1.165) is 24.4 Å². The Hall–Kier alpha value is -3.02. The van der Waals surface area contributed by atoms with Gasteiger partial charge in [-0.05, 0) is 30.7 Å². The number of H-pyrrole nitrogens is 1. The summed E-state index contributed by atoms with van der Waals surface area (Å²) >= 11 is 0. The number of hydrogen-bond acceptors (Lipinski definition) is 3. The number of nitrogens with zero attached hydrogens (tertiary/aromatic N) is 1. The van der Waals surface area contributed by atoms with Gasteiger partial charge in [-0.3, -0.25) is 14.6 Å². The Morgan fingerprint density at radius 3 is 2.83 bits per heavy atom. The average molecular weight is 311 g/mol. The number of nitrogens with one attached hydrogen (secondary N) is 2. The molecular formula is C17H14FN3O2. The molecule has 5 nitrogen and oxygen atoms in total. The molecule has 116 valence electrons. The van der Waals surface area contributed by atoms with Crippen molar-refractivity contribution < 1.29 is 9.18 Å². The van der Waals surface area contributed by atoms with Crippen molar-refractivity contribution in [1.29, 1.82) is 0 Å². The third-order valence-corrected chi connectivity index (χ3v) is 3.49. The Morgan fingerprint density at radius 1 is 1.26 bits per heavy atom. The smallest absolute Gasteiger partial charge is 0.257 e. The Morgan fingerprint density at radius 2 is 2.09 bits per heavy atom. The number of benzene rings is 1. The van der Waals surface area contributed by atoms with E-state index in [0.29, 0.717) is 16.6 Å². The second-order valence-electron chi connectivity index (χ2n) is 5.12. The molecule has 3 aromatic rings. The highest BCUT2D eigenvalue weighted by molar-refractivity contribution is 6.04. The Balaban J connectivity index is 1.93. The lowest BCUT2D eigenvalue weighted by Gasteiger charge is -2.07. The Bertz CT molecular complexity index is 950. The van der Waals surface area contributed by atoms with E-state index in [1.54, 1.807) is 24.3 Å². The predicted octanol–water partition coefficient (Wildman–Crippen LogP) is 2.88. The van der Waals surface area contributed by atoms with Gasteiger partial charge in [-0.1, -0.05) is 6.92 Å². The number of hydrogen-bond donors (Lipinski definition) is 2. The molecular weight excluding hydrogens is 297 g/mol. The monoisotopic (exact) mass is 311 g/mol. The minimum atomic E-state index is -0.584. The van der Waals surface area contributed by atoms with Gasteiger partial charge in [0.25, 0.3) is 5.91 Å². The van der Waals surface area contributed by atoms with Crippen LogP contribution in [-0.4, -0.2) is 15.9 Å². The van der Waals surface area contributed by atoms with E-state index in [1.165, 1.54) is 6.20 Å². The van der Waals surface area contributed by atoms with Gasteiger partial charge in [0, 0.05) is 34.5 Å². The van der Waals surface area contributed by atoms with Crippen molar-refractivity contribution >= 4 is 22.5 Å². The van der Waals surface area contributed by atoms with Gasteiger partial charge < -0.3 is 10.3 Å². The van der Waals surface area contributed by atoms with Crippen LogP contribution in [-0.2, 0) is 6.42 Å². The quantitative estimate of drug-likeness (QED) is 0.781. The molecule has 2 N–H and O–H groups in total. The molecule has 3 rings (SSSR count). The van der Waals surface area contributed by atoms with Crippen LogP contribution in [0.2, 0.25) is 0 Å². The third-order valence-electron chi connectivity index (χ3n) is 3.49. The molecule has 0 saturated carbocycles. The number of anilines is 1. The number of fused-ring (bicyclic) bond motifs is 1. The lowest BCUT2D eigenvalue weighted by atomic mass is 10.1. The van der Waals surface area contributed by atoms with E-state index in [4.69, 9.17) is 0 Å². The maximum absolute atomic E-state index is 13.1. The van der Waals surface area contributed by atoms with Crippen molar-refractivity contribution in [2.75, 3.05) is 5.32 Å². The molecule has 0 spiro atoms. The second kappa shape index (κ2) is 6.00. The summed E-state index contributed by atoms with van der Waals surface area (Å²) < 4.78 is 13.1. The van der Waals surface area contributed by atoms with Crippen LogP contribution in [0.5, 0.6) is 0 Å². The van der Waals surface area contributed by atoms with Crippen LogP contribution in [0.25, 0.3) is 10.9 Å². The third kappa shape index (κ3) is 3.11. The first-order valence-electron chi connectivity index (χ1n) is 7.14. The molecule has 0 atom stereocenters. The number of carbonyl (C=O) groups excluding carboxylic acids is 1. The fourth-order valence-electron chi connectivity index (χ4n) is 2.31. The zero-order chi connectivity index (χ0) is 16.4. The van der Waals surface area contributed by atoms with Crippen molar-refractivity contribution in [3.8, 4) is 0 Å². The molecule has 0 radical (unpaired) electrons. The van der Waals surface area contributed by atoms with Crippen LogP contribution < -0.4 is 10.7 Å². The number of rotatable bonds is 3. The molecule has 6 heteroatoms. The van der Waals surface area contributed by atoms with Crippen molar-refractivity contribution in [3.63, 3.8) is 0 Å². The van der Waals surface area contributed by atoms with Crippen molar-refractivity contribution in [2.24, 2.45) is 0 Å². The average Bonchev–Trinajstić information content (AvgIpc) is 2.55. The van der Waals surface area contributed by atoms with Gasteiger partial charge in [0.15, 0.2) is 5.43 Å². The number of aromatic amines is 1. The van der Waals surface area contributed by atoms with Gasteiger partial charge in [0.2, 0.25) is 0 Å². The number of aromatic nitrogens is 2. The number of halogens is 1. The first kappa shape index (κ1) is 14.9. The molecule has 0 aliphatic rings. The van der Waals surface area contributed by atoms with Crippen LogP contribution >= 0.6 is 0 Å². The first-order chi connectivity index (χ1) is 11.1. The predicted molar refractivity (Wildman–Crippen MR) is 86.1 cm³/mol. The number of carbonyl (C=O) groups is 1. The van der Waals surface area contributed by atoms with Gasteiger partial charge in [-0.15, -0.1) is 0 Å². The van der Waals surface area contributed by atoms with E-state index in [9.17, 15) is 14.0 Å². The van der Waals surface area contributed by atoms with Crippen molar-refractivity contribution in [2.45, 2.75) is 13.3 Å². The van der Waals surface area contributed by atoms with Crippen molar-refractivity contribution in [1.82, 2.24) is 9.97 Å². The Labute approximate surface area is 131 Å². The fraction of sp³-hybridized carbons (Fsp3) is 0.118. The Kier molecular flexibility index (Phi) is 3.89. The SMILES string of the molecule is CCc1cc(=O)c2cc(NC(=O)c3cncc(F)c3)ccc2[nH]1. The van der Waals surface area contributed by atoms with E-state index in [-0.39, 0.29) is 11.0 Å². The molecule has 2 heterocycles. The van der Waals surface area contributed by atoms with Crippen LogP contribution in [0.3, 0.4) is 0 Å². The maximum atomic E-state index is 13.1. The number of pyridine rings is 2. The van der Waals surface area contributed by atoms with Gasteiger partial charge >= 0.3 is 0 Å². The van der Waals surface area contributed by atoms with Gasteiger partial charge in [-0.25, -0.2) is 4.39 Å². The topological polar surface area (TPSA) is 74.8 Å². The first-order valence-corrected chi connectivity index (χ1v) is 7.14. The van der Waals surface area contributed by atoms with E-state index in [1.807, 2.05) is 6.92 Å². The van der Waals surface area contributed by atoms with Crippen LogP contribution in [0.1, 0.15) is 23.0 Å². The summed E-state index contributed by atoms with van der Waals surface area (Å²) in [4.78, 5) is 31.0. The van der Waals surface area contributed by atoms with Gasteiger partial charge in [0.05, 0.1) is 11.8 Å². The van der Waals surface area contributed by atoms with Crippen LogP contribution in [0.15, 0.2) is 47.5 Å². The molecule has 0 fully saturated rings. The summed E-state index contributed by atoms with van der Waals surface area (Å²) in [6, 6.07) is 7.66. The second-order valence-corrected chi connectivity index (χ2v) is 5.12. The van der Waals surface area contributed by atoms with Crippen LogP contribution in [0, 0.1) is 5.82 Å². The zero-order valence-electron chi connectivity index (χ0n) is 12.4. The minimum Gasteiger partial charge on any atom is -0.358 e. The van der Waals surface area contributed by atoms with Gasteiger partial charge in [-0.2, -0.15) is 0 Å². The molecule has 0 saturated heterocycles. The minimum absolute atomic E-state index is 0.111. The summed E-state index contributed by atoms with van der Waals surface area (Å²) in [6.07, 6.45) is 3.04. The zero-order valence-corrected chi connectivity index (χ0v) is 12.4. The lowest BCUT2D eigenvalue weighted by molar-refractivity contribution is 0.102. The van der Waals surface area contributed by atoms with E-state index >= 15 is 0 Å². The maximum Gasteiger partial charge on any atom is 0.257 e. The lowest BCUT2D eigenvalue weighted by Crippen LogP contribution is -2.13. The molecule has 2 aromatic heterocycles. The van der Waals surface area contributed by atoms with E-state index in [2.05, 4.69) is 15.3 Å². The summed E-state index contributed by atoms with van der Waals surface area (Å²) in [5.41, 5.74) is 2.02. The molecule has 1 amide bonds. The standard InChI is InChI=1S/C17H14FN3O2/c1-2-12-7-16(22)14-6-13(3-4-15(14)20-12)21-17(23)10-5-11(18)9-19-8-10/h3-9H,2H2,1H3,(H,20,22)(H,21,23). The number of amides is 1. The highest BCUT2D eigenvalue weighted by atomic mass is 19.1. The molecule has 23 heavy (non-hydrogen) atoms. The summed E-state index contributed by atoms with van der Waals surface area (Å²) in [5.74, 6) is -1.07. The fourth-order valence-corrected chi connectivity index (χ4v) is 2.31. The molecule has 0 aliphatic carbocycles. The number of aryl methyl sites for hydroxylation is 1. The summed E-state index contributed by atoms with van der Waals surface area (Å²) in [7, 11) is 0. The normalized spacial score (nSPS) is 10.7. The summed E-state index contributed by atoms with van der Waals surface area (Å²) in [5, 5.41) is 3.12. The molecule has 0 unspecified atom stereocenters.